The van der Waals surface area contributed by atoms with E-state index in [1.807, 2.05) is 12.2 Å². The standard InChI is InChI=1S/C23H18/c1-3-16-11-22-14-20-10-9-18-7-5-6-8-19(18)13-21(20)15-23(22)12-17(16)4-2/h3-8,10-15H,1-2,9H2. The highest BCUT2D eigenvalue weighted by Gasteiger charge is 2.05. The van der Waals surface area contributed by atoms with E-state index in [1.54, 1.807) is 0 Å². The highest BCUT2D eigenvalue weighted by molar-refractivity contribution is 5.89. The summed E-state index contributed by atoms with van der Waals surface area (Å²) in [6.07, 6.45) is 9.39. The van der Waals surface area contributed by atoms with Crippen molar-refractivity contribution in [3.8, 4) is 0 Å². The van der Waals surface area contributed by atoms with Gasteiger partial charge in [0.05, 0.1) is 0 Å². The van der Waals surface area contributed by atoms with Crippen LogP contribution in [0.5, 0.6) is 0 Å². The highest BCUT2D eigenvalue weighted by atomic mass is 14.1. The van der Waals surface area contributed by atoms with Crippen LogP contribution in [-0.2, 0) is 6.42 Å². The van der Waals surface area contributed by atoms with Crippen molar-refractivity contribution in [2.75, 3.05) is 0 Å². The minimum Gasteiger partial charge on any atom is -0.0984 e. The van der Waals surface area contributed by atoms with Gasteiger partial charge in [-0.15, -0.1) is 0 Å². The van der Waals surface area contributed by atoms with Gasteiger partial charge in [0.1, 0.15) is 0 Å². The fraction of sp³-hybridized carbons (Fsp3) is 0.0435. The number of fused-ring (bicyclic) bond motifs is 3. The van der Waals surface area contributed by atoms with Crippen LogP contribution in [0.4, 0.5) is 0 Å². The first-order valence-electron chi connectivity index (χ1n) is 7.91. The SMILES string of the molecule is C=Cc1cc2cc3c(cc2cc1C=C)=Cc1ccccc1CC=3. The molecule has 0 N–H and O–H groups in total. The maximum absolute atomic E-state index is 3.92. The molecule has 3 aromatic rings. The Bertz CT molecular complexity index is 1070. The van der Waals surface area contributed by atoms with Gasteiger partial charge in [0, 0.05) is 0 Å². The molecular weight excluding hydrogens is 276 g/mol. The molecule has 0 heterocycles. The molecule has 0 aliphatic heterocycles. The Balaban J connectivity index is 2.06. The van der Waals surface area contributed by atoms with Crippen molar-refractivity contribution in [3.63, 3.8) is 0 Å². The predicted molar refractivity (Wildman–Crippen MR) is 102 cm³/mol. The molecule has 1 aliphatic rings. The maximum Gasteiger partial charge on any atom is -0.00823 e. The summed E-state index contributed by atoms with van der Waals surface area (Å²) in [5.41, 5.74) is 4.96. The molecule has 23 heavy (non-hydrogen) atoms. The lowest BCUT2D eigenvalue weighted by atomic mass is 9.99. The third kappa shape index (κ3) is 2.33. The molecular formula is C23H18. The van der Waals surface area contributed by atoms with Crippen LogP contribution in [-0.4, -0.2) is 0 Å². The molecule has 0 heteroatoms. The van der Waals surface area contributed by atoms with Crippen LogP contribution in [0.25, 0.3) is 35.1 Å². The molecule has 0 amide bonds. The minimum absolute atomic E-state index is 0.976. The smallest absolute Gasteiger partial charge is 0.00823 e. The lowest BCUT2D eigenvalue weighted by Crippen LogP contribution is -2.23. The summed E-state index contributed by atoms with van der Waals surface area (Å²) in [5.74, 6) is 0. The normalized spacial score (nSPS) is 12.3. The summed E-state index contributed by atoms with van der Waals surface area (Å²) in [4.78, 5) is 0. The molecule has 4 rings (SSSR count). The third-order valence-corrected chi connectivity index (χ3v) is 4.59. The Labute approximate surface area is 136 Å². The van der Waals surface area contributed by atoms with Gasteiger partial charge in [0.2, 0.25) is 0 Å². The molecule has 0 fully saturated rings. The van der Waals surface area contributed by atoms with Gasteiger partial charge >= 0.3 is 0 Å². The molecule has 0 radical (unpaired) electrons. The zero-order valence-corrected chi connectivity index (χ0v) is 13.0. The van der Waals surface area contributed by atoms with Crippen molar-refractivity contribution >= 4 is 35.1 Å². The summed E-state index contributed by atoms with van der Waals surface area (Å²) in [5, 5.41) is 5.08. The summed E-state index contributed by atoms with van der Waals surface area (Å²) in [6, 6.07) is 17.6. The number of hydrogen-bond acceptors (Lipinski definition) is 0. The quantitative estimate of drug-likeness (QED) is 0.661. The molecule has 0 bridgehead atoms. The average molecular weight is 294 g/mol. The topological polar surface area (TPSA) is 0 Å². The van der Waals surface area contributed by atoms with E-state index in [1.165, 1.54) is 32.3 Å². The largest absolute Gasteiger partial charge is 0.0984 e. The Hall–Kier alpha value is -2.86. The van der Waals surface area contributed by atoms with Crippen molar-refractivity contribution in [1.82, 2.24) is 0 Å². The molecule has 0 saturated carbocycles. The zero-order valence-electron chi connectivity index (χ0n) is 13.0. The Morgan fingerprint density at radius 1 is 0.783 bits per heavy atom. The fourth-order valence-corrected chi connectivity index (χ4v) is 3.32. The molecule has 1 aliphatic carbocycles. The highest BCUT2D eigenvalue weighted by Crippen LogP contribution is 2.21. The van der Waals surface area contributed by atoms with Gasteiger partial charge in [-0.1, -0.05) is 55.7 Å². The van der Waals surface area contributed by atoms with Gasteiger partial charge in [0.15, 0.2) is 0 Å². The fourth-order valence-electron chi connectivity index (χ4n) is 3.32. The van der Waals surface area contributed by atoms with Crippen LogP contribution < -0.4 is 10.4 Å². The minimum atomic E-state index is 0.976. The Kier molecular flexibility index (Phi) is 3.24. The molecule has 0 spiro atoms. The van der Waals surface area contributed by atoms with E-state index in [0.29, 0.717) is 0 Å². The van der Waals surface area contributed by atoms with Crippen molar-refractivity contribution in [2.24, 2.45) is 0 Å². The number of benzene rings is 3. The van der Waals surface area contributed by atoms with Crippen molar-refractivity contribution in [2.45, 2.75) is 6.42 Å². The van der Waals surface area contributed by atoms with Crippen LogP contribution in [0.3, 0.4) is 0 Å². The Morgan fingerprint density at radius 2 is 1.43 bits per heavy atom. The van der Waals surface area contributed by atoms with E-state index in [9.17, 15) is 0 Å². The second-order valence-electron chi connectivity index (χ2n) is 5.97. The molecule has 0 aromatic heterocycles. The first-order valence-corrected chi connectivity index (χ1v) is 7.91. The summed E-state index contributed by atoms with van der Waals surface area (Å²) < 4.78 is 0. The van der Waals surface area contributed by atoms with E-state index in [-0.39, 0.29) is 0 Å². The monoisotopic (exact) mass is 294 g/mol. The van der Waals surface area contributed by atoms with E-state index in [2.05, 4.69) is 73.8 Å². The van der Waals surface area contributed by atoms with Crippen molar-refractivity contribution in [1.29, 1.82) is 0 Å². The van der Waals surface area contributed by atoms with Crippen LogP contribution in [0.1, 0.15) is 22.3 Å². The van der Waals surface area contributed by atoms with Crippen LogP contribution in [0, 0.1) is 0 Å². The van der Waals surface area contributed by atoms with E-state index < -0.39 is 0 Å². The molecule has 0 unspecified atom stereocenters. The second kappa shape index (κ2) is 5.40. The number of hydrogen-bond donors (Lipinski definition) is 0. The summed E-state index contributed by atoms with van der Waals surface area (Å²) in [7, 11) is 0. The van der Waals surface area contributed by atoms with E-state index >= 15 is 0 Å². The van der Waals surface area contributed by atoms with E-state index in [0.717, 1.165) is 17.5 Å². The summed E-state index contributed by atoms with van der Waals surface area (Å²) in [6.45, 7) is 7.83. The second-order valence-corrected chi connectivity index (χ2v) is 5.97. The van der Waals surface area contributed by atoms with Gasteiger partial charge in [-0.3, -0.25) is 0 Å². The molecule has 0 saturated heterocycles. The molecule has 0 atom stereocenters. The molecule has 0 nitrogen and oxygen atoms in total. The van der Waals surface area contributed by atoms with Gasteiger partial charge in [0.25, 0.3) is 0 Å². The van der Waals surface area contributed by atoms with Crippen LogP contribution in [0.15, 0.2) is 61.7 Å². The number of rotatable bonds is 2. The van der Waals surface area contributed by atoms with Crippen LogP contribution >= 0.6 is 0 Å². The van der Waals surface area contributed by atoms with Crippen molar-refractivity contribution < 1.29 is 0 Å². The van der Waals surface area contributed by atoms with E-state index in [4.69, 9.17) is 0 Å². The first-order chi connectivity index (χ1) is 11.3. The van der Waals surface area contributed by atoms with Gasteiger partial charge < -0.3 is 0 Å². The van der Waals surface area contributed by atoms with Gasteiger partial charge in [-0.05, 0) is 80.2 Å². The first kappa shape index (κ1) is 13.8. The van der Waals surface area contributed by atoms with Gasteiger partial charge in [-0.2, -0.15) is 0 Å². The predicted octanol–water partition coefficient (Wildman–Crippen LogP) is 4.29. The average Bonchev–Trinajstić information content (AvgIpc) is 2.77. The summed E-state index contributed by atoms with van der Waals surface area (Å²) >= 11 is 0. The third-order valence-electron chi connectivity index (χ3n) is 4.59. The lowest BCUT2D eigenvalue weighted by molar-refractivity contribution is 1.32. The van der Waals surface area contributed by atoms with Crippen LogP contribution in [0.2, 0.25) is 0 Å². The lowest BCUT2D eigenvalue weighted by Gasteiger charge is -2.05. The molecule has 3 aromatic carbocycles. The zero-order chi connectivity index (χ0) is 15.8. The molecule has 110 valence electrons. The van der Waals surface area contributed by atoms with Gasteiger partial charge in [-0.25, -0.2) is 0 Å². The Morgan fingerprint density at radius 3 is 2.13 bits per heavy atom. The maximum atomic E-state index is 3.92. The van der Waals surface area contributed by atoms with Crippen molar-refractivity contribution in [3.05, 3.63) is 94.4 Å².